The van der Waals surface area contributed by atoms with Crippen LogP contribution in [-0.4, -0.2) is 38.9 Å². The maximum absolute atomic E-state index is 11.0. The second kappa shape index (κ2) is 8.53. The van der Waals surface area contributed by atoms with Crippen molar-refractivity contribution in [1.82, 2.24) is 5.32 Å². The number of thiocarbonyl (C=S) groups is 1. The van der Waals surface area contributed by atoms with Crippen LogP contribution < -0.4 is 10.6 Å². The average Bonchev–Trinajstić information content (AvgIpc) is 2.60. The fourth-order valence-electron chi connectivity index (χ4n) is 1.82. The predicted molar refractivity (Wildman–Crippen MR) is 97.5 cm³/mol. The molecular weight excluding hydrogens is 360 g/mol. The maximum atomic E-state index is 11.0. The number of azo groups is 1. The summed E-state index contributed by atoms with van der Waals surface area (Å²) in [5, 5.41) is 40.4. The van der Waals surface area contributed by atoms with Crippen molar-refractivity contribution in [2.75, 3.05) is 11.9 Å². The number of nitrogens with zero attached hydrogens (tertiary/aromatic N) is 2. The third-order valence-electron chi connectivity index (χ3n) is 3.02. The lowest BCUT2D eigenvalue weighted by molar-refractivity contribution is -0.135. The zero-order chi connectivity index (χ0) is 19.1. The van der Waals surface area contributed by atoms with E-state index >= 15 is 0 Å². The number of nitrogens with one attached hydrogen (secondary N) is 2. The number of hydrogen-bond acceptors (Lipinski definition) is 6. The minimum atomic E-state index is -1.26. The zero-order valence-electron chi connectivity index (χ0n) is 13.2. The molecule has 134 valence electrons. The van der Waals surface area contributed by atoms with Crippen LogP contribution >= 0.6 is 12.2 Å². The van der Waals surface area contributed by atoms with Gasteiger partial charge in [-0.2, -0.15) is 10.2 Å². The number of aromatic carboxylic acids is 1. The van der Waals surface area contributed by atoms with Gasteiger partial charge in [-0.3, -0.25) is 4.79 Å². The molecule has 0 unspecified atom stereocenters. The summed E-state index contributed by atoms with van der Waals surface area (Å²) in [4.78, 5) is 21.4. The predicted octanol–water partition coefficient (Wildman–Crippen LogP) is 2.88. The highest BCUT2D eigenvalue weighted by Gasteiger charge is 2.09. The van der Waals surface area contributed by atoms with Crippen LogP contribution in [0.15, 0.2) is 52.7 Å². The Morgan fingerprint density at radius 1 is 1.00 bits per heavy atom. The fourth-order valence-corrected chi connectivity index (χ4v) is 2.01. The van der Waals surface area contributed by atoms with Crippen LogP contribution in [0.4, 0.5) is 17.1 Å². The first kappa shape index (κ1) is 18.8. The molecule has 0 radical (unpaired) electrons. The van der Waals surface area contributed by atoms with Gasteiger partial charge in [-0.05, 0) is 54.7 Å². The number of carboxylic acid groups (broad SMARTS) is 2. The van der Waals surface area contributed by atoms with Gasteiger partial charge in [-0.25, -0.2) is 4.79 Å². The van der Waals surface area contributed by atoms with Crippen molar-refractivity contribution in [3.8, 4) is 5.75 Å². The molecule has 0 fully saturated rings. The standard InChI is InChI=1S/C16H14N4O5S/c21-13-6-5-11(7-12(13)15(24)25)20-19-10-3-1-9(2-4-10)18-16(26)17-8-14(22)23/h1-7,21H,8H2,(H,22,23)(H,24,25)(H2,17,18,26). The van der Waals surface area contributed by atoms with Gasteiger partial charge < -0.3 is 26.0 Å². The van der Waals surface area contributed by atoms with E-state index in [4.69, 9.17) is 22.4 Å². The Kier molecular flexibility index (Phi) is 6.17. The Hall–Kier alpha value is -3.53. The molecule has 10 heteroatoms. The quantitative estimate of drug-likeness (QED) is 0.383. The van der Waals surface area contributed by atoms with Gasteiger partial charge in [0.2, 0.25) is 0 Å². The first-order valence-corrected chi connectivity index (χ1v) is 7.61. The topological polar surface area (TPSA) is 144 Å². The molecule has 0 aliphatic carbocycles. The Bertz CT molecular complexity index is 867. The smallest absolute Gasteiger partial charge is 0.339 e. The number of aliphatic carboxylic acids is 1. The molecule has 0 atom stereocenters. The van der Waals surface area contributed by atoms with Gasteiger partial charge in [-0.15, -0.1) is 0 Å². The van der Waals surface area contributed by atoms with E-state index in [1.54, 1.807) is 24.3 Å². The molecule has 0 aliphatic rings. The number of carboxylic acids is 2. The number of phenols is 1. The molecule has 9 nitrogen and oxygen atoms in total. The second-order valence-electron chi connectivity index (χ2n) is 4.95. The van der Waals surface area contributed by atoms with Gasteiger partial charge in [0.1, 0.15) is 17.9 Å². The van der Waals surface area contributed by atoms with E-state index in [9.17, 15) is 14.7 Å². The minimum absolute atomic E-state index is 0.173. The van der Waals surface area contributed by atoms with Crippen molar-refractivity contribution in [1.29, 1.82) is 0 Å². The molecule has 0 amide bonds. The third kappa shape index (κ3) is 5.53. The van der Waals surface area contributed by atoms with Crippen LogP contribution in [0.3, 0.4) is 0 Å². The van der Waals surface area contributed by atoms with Crippen LogP contribution in [0, 0.1) is 0 Å². The molecule has 2 rings (SSSR count). The van der Waals surface area contributed by atoms with Gasteiger partial charge in [0.15, 0.2) is 5.11 Å². The second-order valence-corrected chi connectivity index (χ2v) is 5.36. The van der Waals surface area contributed by atoms with Crippen LogP contribution in [-0.2, 0) is 4.79 Å². The average molecular weight is 374 g/mol. The summed E-state index contributed by atoms with van der Waals surface area (Å²) in [6.45, 7) is -0.289. The third-order valence-corrected chi connectivity index (χ3v) is 3.26. The number of anilines is 1. The monoisotopic (exact) mass is 374 g/mol. The Labute approximate surface area is 153 Å². The first-order valence-electron chi connectivity index (χ1n) is 7.20. The fraction of sp³-hybridized carbons (Fsp3) is 0.0625. The number of aromatic hydroxyl groups is 1. The summed E-state index contributed by atoms with van der Waals surface area (Å²) in [6.07, 6.45) is 0. The van der Waals surface area contributed by atoms with Gasteiger partial charge in [0.05, 0.1) is 11.4 Å². The van der Waals surface area contributed by atoms with E-state index in [2.05, 4.69) is 20.9 Å². The highest BCUT2D eigenvalue weighted by atomic mass is 32.1. The van der Waals surface area contributed by atoms with Gasteiger partial charge in [0.25, 0.3) is 0 Å². The van der Waals surface area contributed by atoms with E-state index in [1.807, 2.05) is 0 Å². The van der Waals surface area contributed by atoms with Crippen molar-refractivity contribution in [2.24, 2.45) is 10.2 Å². The number of carbonyl (C=O) groups is 2. The van der Waals surface area contributed by atoms with Crippen molar-refractivity contribution in [2.45, 2.75) is 0 Å². The molecule has 0 saturated heterocycles. The van der Waals surface area contributed by atoms with E-state index < -0.39 is 11.9 Å². The normalized spacial score (nSPS) is 10.5. The van der Waals surface area contributed by atoms with Gasteiger partial charge in [-0.1, -0.05) is 0 Å². The van der Waals surface area contributed by atoms with Crippen molar-refractivity contribution >= 4 is 46.3 Å². The SMILES string of the molecule is O=C(O)CNC(=S)Nc1ccc(N=Nc2ccc(O)c(C(=O)O)c2)cc1. The highest BCUT2D eigenvalue weighted by Crippen LogP contribution is 2.25. The number of benzene rings is 2. The van der Waals surface area contributed by atoms with E-state index in [0.29, 0.717) is 11.4 Å². The Balaban J connectivity index is 2.01. The molecule has 0 bridgehead atoms. The number of hydrogen-bond donors (Lipinski definition) is 5. The molecule has 5 N–H and O–H groups in total. The molecule has 0 saturated carbocycles. The molecule has 0 aromatic heterocycles. The summed E-state index contributed by atoms with van der Waals surface area (Å²) in [5.41, 5.74) is 1.15. The lowest BCUT2D eigenvalue weighted by Crippen LogP contribution is -2.32. The molecule has 2 aromatic carbocycles. The van der Waals surface area contributed by atoms with E-state index in [0.717, 1.165) is 0 Å². The summed E-state index contributed by atoms with van der Waals surface area (Å²) >= 11 is 4.95. The lowest BCUT2D eigenvalue weighted by Gasteiger charge is -2.08. The Morgan fingerprint density at radius 3 is 2.23 bits per heavy atom. The lowest BCUT2D eigenvalue weighted by atomic mass is 10.2. The largest absolute Gasteiger partial charge is 0.507 e. The molecule has 0 aliphatic heterocycles. The zero-order valence-corrected chi connectivity index (χ0v) is 14.0. The van der Waals surface area contributed by atoms with Gasteiger partial charge >= 0.3 is 11.9 Å². The van der Waals surface area contributed by atoms with Crippen molar-refractivity contribution in [3.05, 3.63) is 48.0 Å². The molecule has 0 heterocycles. The van der Waals surface area contributed by atoms with E-state index in [1.165, 1.54) is 18.2 Å². The van der Waals surface area contributed by atoms with Crippen LogP contribution in [0.1, 0.15) is 10.4 Å². The van der Waals surface area contributed by atoms with Crippen molar-refractivity contribution < 1.29 is 24.9 Å². The number of rotatable bonds is 6. The summed E-state index contributed by atoms with van der Waals surface area (Å²) in [7, 11) is 0. The molecule has 0 spiro atoms. The van der Waals surface area contributed by atoms with E-state index in [-0.39, 0.29) is 28.7 Å². The van der Waals surface area contributed by atoms with Crippen LogP contribution in [0.25, 0.3) is 0 Å². The molecule has 26 heavy (non-hydrogen) atoms. The maximum Gasteiger partial charge on any atom is 0.339 e. The highest BCUT2D eigenvalue weighted by molar-refractivity contribution is 7.80. The minimum Gasteiger partial charge on any atom is -0.507 e. The molecule has 2 aromatic rings. The summed E-state index contributed by atoms with van der Waals surface area (Å²) < 4.78 is 0. The molecular formula is C16H14N4O5S. The van der Waals surface area contributed by atoms with Crippen molar-refractivity contribution in [3.63, 3.8) is 0 Å². The Morgan fingerprint density at radius 2 is 1.62 bits per heavy atom. The van der Waals surface area contributed by atoms with Crippen LogP contribution in [0.5, 0.6) is 5.75 Å². The summed E-state index contributed by atoms with van der Waals surface area (Å²) in [5.74, 6) is -2.63. The van der Waals surface area contributed by atoms with Crippen LogP contribution in [0.2, 0.25) is 0 Å². The summed E-state index contributed by atoms with van der Waals surface area (Å²) in [6, 6.07) is 10.5. The van der Waals surface area contributed by atoms with Gasteiger partial charge in [0, 0.05) is 5.69 Å². The first-order chi connectivity index (χ1) is 12.3.